The number of carbonyl (C=O) groups excluding carboxylic acids is 1. The van der Waals surface area contributed by atoms with Crippen molar-refractivity contribution >= 4 is 23.2 Å². The molecule has 0 amide bonds. The van der Waals surface area contributed by atoms with Crippen LogP contribution < -0.4 is 19.6 Å². The van der Waals surface area contributed by atoms with E-state index in [4.69, 9.17) is 9.73 Å². The van der Waals surface area contributed by atoms with E-state index in [2.05, 4.69) is 0 Å². The molecule has 1 aromatic heterocycles. The van der Waals surface area contributed by atoms with Crippen molar-refractivity contribution in [3.05, 3.63) is 84.9 Å². The summed E-state index contributed by atoms with van der Waals surface area (Å²) in [4.78, 5) is 31.4. The van der Waals surface area contributed by atoms with Crippen molar-refractivity contribution in [2.24, 2.45) is 10.9 Å². The molecule has 0 fully saturated rings. The number of nitrogens with zero attached hydrogens (tertiary/aromatic N) is 2. The van der Waals surface area contributed by atoms with E-state index >= 15 is 0 Å². The first-order valence-corrected chi connectivity index (χ1v) is 10.4. The lowest BCUT2D eigenvalue weighted by molar-refractivity contribution is -0.132. The Bertz CT molecular complexity index is 1320. The molecule has 2 aliphatic rings. The van der Waals surface area contributed by atoms with Crippen molar-refractivity contribution in [2.75, 3.05) is 0 Å². The van der Waals surface area contributed by atoms with Gasteiger partial charge in [-0.1, -0.05) is 59.4 Å². The second kappa shape index (κ2) is 6.26. The van der Waals surface area contributed by atoms with Gasteiger partial charge >= 0.3 is 0 Å². The van der Waals surface area contributed by atoms with Gasteiger partial charge in [-0.05, 0) is 38.5 Å². The number of hydrogen-bond donors (Lipinski definition) is 0. The van der Waals surface area contributed by atoms with Crippen LogP contribution in [0, 0.1) is 12.8 Å². The molecule has 2 bridgehead atoms. The lowest BCUT2D eigenvalue weighted by Crippen LogP contribution is -2.58. The Hall–Kier alpha value is -2.99. The number of fused-ring (bicyclic) bond motifs is 6. The maximum atomic E-state index is 13.4. The topological polar surface area (TPSA) is 60.7 Å². The second-order valence-electron chi connectivity index (χ2n) is 7.82. The van der Waals surface area contributed by atoms with Crippen LogP contribution in [0.3, 0.4) is 0 Å². The van der Waals surface area contributed by atoms with Gasteiger partial charge in [-0.3, -0.25) is 14.2 Å². The molecule has 0 saturated carbocycles. The third-order valence-electron chi connectivity index (χ3n) is 5.69. The zero-order chi connectivity index (χ0) is 20.3. The highest BCUT2D eigenvalue weighted by molar-refractivity contribution is 7.07. The lowest BCUT2D eigenvalue weighted by Gasteiger charge is -2.45. The van der Waals surface area contributed by atoms with Gasteiger partial charge in [0.25, 0.3) is 5.56 Å². The molecule has 3 aromatic rings. The van der Waals surface area contributed by atoms with Crippen LogP contribution in [0.1, 0.15) is 36.6 Å². The monoisotopic (exact) mass is 404 g/mol. The summed E-state index contributed by atoms with van der Waals surface area (Å²) in [7, 11) is 0. The smallest absolute Gasteiger partial charge is 0.270 e. The van der Waals surface area contributed by atoms with Crippen LogP contribution in [-0.4, -0.2) is 16.1 Å². The summed E-state index contributed by atoms with van der Waals surface area (Å²) in [6.07, 6.45) is 1.88. The first-order valence-electron chi connectivity index (χ1n) is 9.55. The summed E-state index contributed by atoms with van der Waals surface area (Å²) in [5, 5.41) is 0. The molecule has 146 valence electrons. The van der Waals surface area contributed by atoms with Crippen LogP contribution in [0.15, 0.2) is 58.3 Å². The van der Waals surface area contributed by atoms with E-state index in [1.165, 1.54) is 16.9 Å². The molecule has 29 heavy (non-hydrogen) atoms. The molecular formula is C23H20N2O3S. The van der Waals surface area contributed by atoms with Gasteiger partial charge in [0.2, 0.25) is 5.72 Å². The van der Waals surface area contributed by atoms with Gasteiger partial charge in [0.15, 0.2) is 4.80 Å². The van der Waals surface area contributed by atoms with E-state index in [0.717, 1.165) is 11.1 Å². The second-order valence-corrected chi connectivity index (χ2v) is 8.83. The predicted molar refractivity (Wildman–Crippen MR) is 112 cm³/mol. The van der Waals surface area contributed by atoms with Crippen LogP contribution in [0.2, 0.25) is 0 Å². The van der Waals surface area contributed by atoms with Gasteiger partial charge in [-0.15, -0.1) is 0 Å². The van der Waals surface area contributed by atoms with Crippen molar-refractivity contribution in [1.82, 2.24) is 4.57 Å². The summed E-state index contributed by atoms with van der Waals surface area (Å²) in [6.45, 7) is 5.41. The van der Waals surface area contributed by atoms with Gasteiger partial charge in [0.05, 0.1) is 10.6 Å². The summed E-state index contributed by atoms with van der Waals surface area (Å²) >= 11 is 1.34. The third-order valence-corrected chi connectivity index (χ3v) is 6.68. The number of benzene rings is 2. The van der Waals surface area contributed by atoms with E-state index in [1.54, 1.807) is 11.5 Å². The highest BCUT2D eigenvalue weighted by Gasteiger charge is 2.53. The molecule has 3 atom stereocenters. The Kier molecular flexibility index (Phi) is 3.90. The summed E-state index contributed by atoms with van der Waals surface area (Å²) < 4.78 is 8.48. The molecule has 2 aliphatic heterocycles. The first-order chi connectivity index (χ1) is 13.9. The maximum Gasteiger partial charge on any atom is 0.270 e. The Morgan fingerprint density at radius 3 is 2.66 bits per heavy atom. The molecule has 0 aliphatic carbocycles. The molecule has 6 heteroatoms. The van der Waals surface area contributed by atoms with Gasteiger partial charge in [0, 0.05) is 5.56 Å². The van der Waals surface area contributed by atoms with Gasteiger partial charge in [0.1, 0.15) is 17.5 Å². The Labute approximate surface area is 171 Å². The molecule has 0 spiro atoms. The van der Waals surface area contributed by atoms with Crippen LogP contribution in [0.25, 0.3) is 6.08 Å². The average molecular weight is 404 g/mol. The maximum absolute atomic E-state index is 13.4. The predicted octanol–water partition coefficient (Wildman–Crippen LogP) is 2.58. The third kappa shape index (κ3) is 2.70. The van der Waals surface area contributed by atoms with E-state index in [0.29, 0.717) is 15.1 Å². The van der Waals surface area contributed by atoms with Crippen LogP contribution in [0.5, 0.6) is 5.75 Å². The standard InChI is InChI=1S/C23H20N2O3S/c1-13-8-10-15(11-9-13)12-18-21(27)25-20-16-6-4-5-7-17(16)28-23(3,19(20)14(2)26)24-22(25)29-18/h4-12,19-20H,1-3H3. The molecule has 0 saturated heterocycles. The summed E-state index contributed by atoms with van der Waals surface area (Å²) in [5.74, 6) is 0.0852. The lowest BCUT2D eigenvalue weighted by atomic mass is 9.79. The Morgan fingerprint density at radius 2 is 1.93 bits per heavy atom. The normalized spacial score (nSPS) is 24.9. The highest BCUT2D eigenvalue weighted by atomic mass is 32.1. The summed E-state index contributed by atoms with van der Waals surface area (Å²) in [5.41, 5.74) is 1.83. The molecule has 5 rings (SSSR count). The van der Waals surface area contributed by atoms with Crippen LogP contribution in [0.4, 0.5) is 0 Å². The van der Waals surface area contributed by atoms with E-state index in [-0.39, 0.29) is 11.3 Å². The molecule has 0 radical (unpaired) electrons. The zero-order valence-electron chi connectivity index (χ0n) is 16.4. The number of ketones is 1. The fourth-order valence-corrected chi connectivity index (χ4v) is 5.47. The number of Topliss-reactive ketones (excluding diaryl/α,β-unsaturated/α-hetero) is 1. The number of ether oxygens (including phenoxy) is 1. The number of para-hydroxylation sites is 1. The van der Waals surface area contributed by atoms with Gasteiger partial charge < -0.3 is 4.74 Å². The Balaban J connectivity index is 1.80. The number of carbonyl (C=O) groups is 1. The molecule has 5 nitrogen and oxygen atoms in total. The molecule has 2 aromatic carbocycles. The fraction of sp³-hybridized carbons (Fsp3) is 0.261. The highest BCUT2D eigenvalue weighted by Crippen LogP contribution is 2.47. The van der Waals surface area contributed by atoms with Crippen molar-refractivity contribution < 1.29 is 9.53 Å². The number of rotatable bonds is 2. The van der Waals surface area contributed by atoms with Gasteiger partial charge in [-0.2, -0.15) is 0 Å². The van der Waals surface area contributed by atoms with Crippen molar-refractivity contribution in [2.45, 2.75) is 32.5 Å². The van der Waals surface area contributed by atoms with E-state index < -0.39 is 17.7 Å². The minimum absolute atomic E-state index is 0.0384. The largest absolute Gasteiger partial charge is 0.465 e. The molecule has 0 N–H and O–H groups in total. The minimum atomic E-state index is -1.02. The minimum Gasteiger partial charge on any atom is -0.465 e. The SMILES string of the molecule is CC(=O)C1C2c3ccccc3OC1(C)N=c1sc(=Cc3ccc(C)cc3)c(=O)n12. The Morgan fingerprint density at radius 1 is 1.21 bits per heavy atom. The van der Waals surface area contributed by atoms with Crippen LogP contribution in [-0.2, 0) is 4.79 Å². The van der Waals surface area contributed by atoms with E-state index in [9.17, 15) is 9.59 Å². The van der Waals surface area contributed by atoms with E-state index in [1.807, 2.05) is 68.5 Å². The fourth-order valence-electron chi connectivity index (χ4n) is 4.37. The molecule has 3 unspecified atom stereocenters. The molecule has 3 heterocycles. The summed E-state index contributed by atoms with van der Waals surface area (Å²) in [6, 6.07) is 15.2. The number of thiazole rings is 1. The van der Waals surface area contributed by atoms with Crippen LogP contribution >= 0.6 is 11.3 Å². The average Bonchev–Trinajstić information content (AvgIpc) is 2.96. The van der Waals surface area contributed by atoms with Crippen molar-refractivity contribution in [3.8, 4) is 5.75 Å². The first kappa shape index (κ1) is 18.1. The van der Waals surface area contributed by atoms with Crippen molar-refractivity contribution in [1.29, 1.82) is 0 Å². The van der Waals surface area contributed by atoms with Gasteiger partial charge in [-0.25, -0.2) is 4.99 Å². The number of aryl methyl sites for hydroxylation is 1. The zero-order valence-corrected chi connectivity index (χ0v) is 17.2. The number of aromatic nitrogens is 1. The molecular weight excluding hydrogens is 384 g/mol. The quantitative estimate of drug-likeness (QED) is 0.660. The number of hydrogen-bond acceptors (Lipinski definition) is 5. The van der Waals surface area contributed by atoms with Crippen molar-refractivity contribution in [3.63, 3.8) is 0 Å².